The molecule has 0 spiro atoms. The maximum atomic E-state index is 12.8. The number of amides is 1. The van der Waals surface area contributed by atoms with Gasteiger partial charge in [0.25, 0.3) is 5.56 Å². The Hall–Kier alpha value is -3.54. The minimum absolute atomic E-state index is 0.0435. The lowest BCUT2D eigenvalue weighted by molar-refractivity contribution is -0.119. The molecule has 29 heavy (non-hydrogen) atoms. The lowest BCUT2D eigenvalue weighted by Crippen LogP contribution is -2.34. The lowest BCUT2D eigenvalue weighted by Gasteiger charge is -2.17. The molecule has 0 saturated carbocycles. The average Bonchev–Trinajstić information content (AvgIpc) is 2.71. The fourth-order valence-electron chi connectivity index (χ4n) is 3.01. The Morgan fingerprint density at radius 1 is 1.00 bits per heavy atom. The van der Waals surface area contributed by atoms with Crippen molar-refractivity contribution in [2.45, 2.75) is 33.2 Å². The van der Waals surface area contributed by atoms with E-state index in [-0.39, 0.29) is 17.2 Å². The van der Waals surface area contributed by atoms with Gasteiger partial charge in [-0.25, -0.2) is 4.68 Å². The highest BCUT2D eigenvalue weighted by Crippen LogP contribution is 2.19. The third-order valence-corrected chi connectivity index (χ3v) is 4.72. The molecule has 3 aromatic rings. The normalized spacial score (nSPS) is 11.7. The third-order valence-electron chi connectivity index (χ3n) is 4.72. The van der Waals surface area contributed by atoms with E-state index in [2.05, 4.69) is 10.4 Å². The van der Waals surface area contributed by atoms with Crippen LogP contribution in [0.2, 0.25) is 0 Å². The molecule has 1 amide bonds. The van der Waals surface area contributed by atoms with E-state index in [1.165, 1.54) is 17.7 Å². The van der Waals surface area contributed by atoms with Crippen LogP contribution in [0.15, 0.2) is 65.5 Å². The predicted molar refractivity (Wildman–Crippen MR) is 113 cm³/mol. The molecule has 3 rings (SSSR count). The van der Waals surface area contributed by atoms with Gasteiger partial charge in [0, 0.05) is 22.9 Å². The molecule has 1 aromatic heterocycles. The first kappa shape index (κ1) is 20.2. The van der Waals surface area contributed by atoms with Crippen LogP contribution in [0.1, 0.15) is 42.2 Å². The van der Waals surface area contributed by atoms with Crippen molar-refractivity contribution in [1.82, 2.24) is 9.78 Å². The molecule has 0 radical (unpaired) electrons. The summed E-state index contributed by atoms with van der Waals surface area (Å²) in [5, 5.41) is 7.24. The summed E-state index contributed by atoms with van der Waals surface area (Å²) in [6.07, 6.45) is 0.404. The zero-order chi connectivity index (χ0) is 21.0. The molecule has 0 fully saturated rings. The Balaban J connectivity index is 1.87. The van der Waals surface area contributed by atoms with Gasteiger partial charge < -0.3 is 5.32 Å². The van der Waals surface area contributed by atoms with Crippen molar-refractivity contribution in [2.24, 2.45) is 0 Å². The van der Waals surface area contributed by atoms with E-state index in [0.717, 1.165) is 11.1 Å². The molecule has 6 nitrogen and oxygen atoms in total. The Labute approximate surface area is 169 Å². The smallest absolute Gasteiger partial charge is 0.267 e. The van der Waals surface area contributed by atoms with Crippen LogP contribution in [0.4, 0.5) is 5.69 Å². The maximum absolute atomic E-state index is 12.8. The van der Waals surface area contributed by atoms with Gasteiger partial charge in [-0.1, -0.05) is 36.8 Å². The predicted octanol–water partition coefficient (Wildman–Crippen LogP) is 4.01. The lowest BCUT2D eigenvalue weighted by atomic mass is 10.1. The highest BCUT2D eigenvalue weighted by molar-refractivity contribution is 5.96. The van der Waals surface area contributed by atoms with Gasteiger partial charge in [0.15, 0.2) is 5.78 Å². The maximum Gasteiger partial charge on any atom is 0.267 e. The molecule has 0 aliphatic heterocycles. The molecule has 1 heterocycles. The van der Waals surface area contributed by atoms with Crippen LogP contribution in [0.5, 0.6) is 0 Å². The van der Waals surface area contributed by atoms with Crippen LogP contribution in [0.25, 0.3) is 11.3 Å². The minimum atomic E-state index is -0.750. The first-order valence-corrected chi connectivity index (χ1v) is 9.48. The fourth-order valence-corrected chi connectivity index (χ4v) is 3.01. The molecule has 148 valence electrons. The molecule has 1 N–H and O–H groups in total. The van der Waals surface area contributed by atoms with Gasteiger partial charge in [-0.05, 0) is 50.6 Å². The number of benzene rings is 2. The van der Waals surface area contributed by atoms with Crippen molar-refractivity contribution in [3.05, 3.63) is 82.1 Å². The van der Waals surface area contributed by atoms with E-state index in [1.54, 1.807) is 30.3 Å². The van der Waals surface area contributed by atoms with Gasteiger partial charge in [0.2, 0.25) is 5.91 Å². The molecule has 1 atom stereocenters. The number of aryl methyl sites for hydroxylation is 1. The van der Waals surface area contributed by atoms with Crippen LogP contribution in [0.3, 0.4) is 0 Å². The summed E-state index contributed by atoms with van der Waals surface area (Å²) in [4.78, 5) is 36.6. The third kappa shape index (κ3) is 4.66. The van der Waals surface area contributed by atoms with Crippen molar-refractivity contribution in [3.63, 3.8) is 0 Å². The number of rotatable bonds is 6. The molecular formula is C23H23N3O3. The second-order valence-electron chi connectivity index (χ2n) is 6.91. The zero-order valence-electron chi connectivity index (χ0n) is 16.7. The van der Waals surface area contributed by atoms with Crippen molar-refractivity contribution in [2.75, 3.05) is 5.32 Å². The second-order valence-corrected chi connectivity index (χ2v) is 6.91. The number of carbonyl (C=O) groups is 2. The highest BCUT2D eigenvalue weighted by atomic mass is 16.2. The molecular weight excluding hydrogens is 366 g/mol. The van der Waals surface area contributed by atoms with Crippen molar-refractivity contribution in [1.29, 1.82) is 0 Å². The molecule has 6 heteroatoms. The number of aromatic nitrogens is 2. The second kappa shape index (κ2) is 8.65. The van der Waals surface area contributed by atoms with Gasteiger partial charge in [-0.2, -0.15) is 5.10 Å². The van der Waals surface area contributed by atoms with Crippen LogP contribution >= 0.6 is 0 Å². The monoisotopic (exact) mass is 389 g/mol. The summed E-state index contributed by atoms with van der Waals surface area (Å²) in [6.45, 7) is 5.31. The van der Waals surface area contributed by atoms with E-state index >= 15 is 0 Å². The van der Waals surface area contributed by atoms with Gasteiger partial charge in [0.05, 0.1) is 5.69 Å². The van der Waals surface area contributed by atoms with Gasteiger partial charge >= 0.3 is 0 Å². The molecule has 1 unspecified atom stereocenters. The van der Waals surface area contributed by atoms with Crippen molar-refractivity contribution >= 4 is 17.4 Å². The number of hydrogen-bond acceptors (Lipinski definition) is 4. The quantitative estimate of drug-likeness (QED) is 0.646. The number of carbonyl (C=O) groups excluding carboxylic acids is 2. The standard InChI is InChI=1S/C23H23N3O3/c1-4-21(23(29)24-19-11-9-17(10-12-19)16(3)27)26-22(28)14-13-20(25-26)18-7-5-15(2)6-8-18/h5-14,21H,4H2,1-3H3,(H,24,29). The van der Waals surface area contributed by atoms with Crippen molar-refractivity contribution < 1.29 is 9.59 Å². The Morgan fingerprint density at radius 3 is 2.24 bits per heavy atom. The summed E-state index contributed by atoms with van der Waals surface area (Å²) >= 11 is 0. The SMILES string of the molecule is CCC(C(=O)Nc1ccc(C(C)=O)cc1)n1nc(-c2ccc(C)cc2)ccc1=O. The Kier molecular flexibility index (Phi) is 6.02. The van der Waals surface area contributed by atoms with E-state index < -0.39 is 6.04 Å². The number of anilines is 1. The topological polar surface area (TPSA) is 81.1 Å². The number of hydrogen-bond donors (Lipinski definition) is 1. The first-order valence-electron chi connectivity index (χ1n) is 9.48. The summed E-state index contributed by atoms with van der Waals surface area (Å²) < 4.78 is 1.23. The Morgan fingerprint density at radius 2 is 1.66 bits per heavy atom. The highest BCUT2D eigenvalue weighted by Gasteiger charge is 2.21. The summed E-state index contributed by atoms with van der Waals surface area (Å²) in [5.41, 5.74) is 3.42. The number of ketones is 1. The van der Waals surface area contributed by atoms with Crippen molar-refractivity contribution in [3.8, 4) is 11.3 Å². The zero-order valence-corrected chi connectivity index (χ0v) is 16.7. The average molecular weight is 389 g/mol. The van der Waals surface area contributed by atoms with Crippen LogP contribution < -0.4 is 10.9 Å². The molecule has 0 bridgehead atoms. The van der Waals surface area contributed by atoms with Gasteiger partial charge in [0.1, 0.15) is 6.04 Å². The molecule has 0 aliphatic carbocycles. The van der Waals surface area contributed by atoms with Crippen LogP contribution in [-0.4, -0.2) is 21.5 Å². The van der Waals surface area contributed by atoms with Crippen LogP contribution in [0, 0.1) is 6.92 Å². The fraction of sp³-hybridized carbons (Fsp3) is 0.217. The van der Waals surface area contributed by atoms with E-state index in [9.17, 15) is 14.4 Å². The van der Waals surface area contributed by atoms with Gasteiger partial charge in [-0.15, -0.1) is 0 Å². The largest absolute Gasteiger partial charge is 0.324 e. The molecule has 0 aliphatic rings. The minimum Gasteiger partial charge on any atom is -0.324 e. The van der Waals surface area contributed by atoms with Crippen LogP contribution in [-0.2, 0) is 4.79 Å². The van der Waals surface area contributed by atoms with E-state index in [4.69, 9.17) is 0 Å². The Bertz CT molecular complexity index is 1080. The number of nitrogens with one attached hydrogen (secondary N) is 1. The summed E-state index contributed by atoms with van der Waals surface area (Å²) in [6, 6.07) is 16.8. The molecule has 0 saturated heterocycles. The molecule has 2 aromatic carbocycles. The van der Waals surface area contributed by atoms with E-state index in [1.807, 2.05) is 38.1 Å². The summed E-state index contributed by atoms with van der Waals surface area (Å²) in [5.74, 6) is -0.378. The number of Topliss-reactive ketones (excluding diaryl/α,β-unsaturated/α-hetero) is 1. The van der Waals surface area contributed by atoms with Gasteiger partial charge in [-0.3, -0.25) is 14.4 Å². The summed E-state index contributed by atoms with van der Waals surface area (Å²) in [7, 11) is 0. The van der Waals surface area contributed by atoms with E-state index in [0.29, 0.717) is 23.4 Å². The number of nitrogens with zero attached hydrogens (tertiary/aromatic N) is 2. The first-order chi connectivity index (χ1) is 13.9.